The summed E-state index contributed by atoms with van der Waals surface area (Å²) in [6.45, 7) is 21.8. The molecule has 0 saturated heterocycles. The van der Waals surface area contributed by atoms with E-state index >= 15 is 0 Å². The summed E-state index contributed by atoms with van der Waals surface area (Å²) in [6, 6.07) is 0. The summed E-state index contributed by atoms with van der Waals surface area (Å²) in [5.74, 6) is 0. The van der Waals surface area contributed by atoms with E-state index in [9.17, 15) is 23.8 Å². The van der Waals surface area contributed by atoms with Gasteiger partial charge in [0.15, 0.2) is 0 Å². The Hall–Kier alpha value is -2.60. The van der Waals surface area contributed by atoms with Crippen LogP contribution in [0.4, 0.5) is 0 Å². The Morgan fingerprint density at radius 2 is 1.00 bits per heavy atom. The Labute approximate surface area is 301 Å². The van der Waals surface area contributed by atoms with Crippen LogP contribution < -0.4 is 4.89 Å². The van der Waals surface area contributed by atoms with Crippen molar-refractivity contribution in [3.8, 4) is 0 Å². The van der Waals surface area contributed by atoms with Gasteiger partial charge in [0.25, 0.3) is 0 Å². The van der Waals surface area contributed by atoms with Gasteiger partial charge in [-0.3, -0.25) is 4.52 Å². The van der Waals surface area contributed by atoms with Crippen molar-refractivity contribution in [3.05, 3.63) is 130 Å². The minimum atomic E-state index is -4.51. The second-order valence-electron chi connectivity index (χ2n) is 15.1. The molecule has 0 aromatic rings. The zero-order valence-corrected chi connectivity index (χ0v) is 33.7. The standard InChI is InChI=1S/C41H60O7P2/c1-30(18-14-20-32(3)22-24-38-34(5)26-36(28-40(38,7)8)47-49(11,42)43)16-12-13-17-31(2)19-15-21-33(4)23-25-39-35(6)27-37(29-41(39,9)10)48-50(44,45)46/h12-25,36-37H,26-29H2,1-11H3,(H,42,43)(H2,44,45,46)/p-1/b13-12+,18-14+,19-15+,24-22+,25-23+,30-16+,31-17+,32-20+,33-21+. The molecule has 7 nitrogen and oxygen atoms in total. The Morgan fingerprint density at radius 1 is 0.660 bits per heavy atom. The molecule has 0 spiro atoms. The van der Waals surface area contributed by atoms with E-state index in [1.807, 2.05) is 38.2 Å². The predicted molar refractivity (Wildman–Crippen MR) is 207 cm³/mol. The molecule has 0 saturated carbocycles. The van der Waals surface area contributed by atoms with Crippen LogP contribution in [0.2, 0.25) is 0 Å². The third-order valence-corrected chi connectivity index (χ3v) is 10.1. The van der Waals surface area contributed by atoms with Gasteiger partial charge >= 0.3 is 7.82 Å². The zero-order chi connectivity index (χ0) is 37.9. The molecule has 0 amide bonds. The number of phosphoric acid groups is 1. The van der Waals surface area contributed by atoms with Gasteiger partial charge in [0.2, 0.25) is 0 Å². The summed E-state index contributed by atoms with van der Waals surface area (Å²) in [6.07, 6.45) is 30.5. The minimum Gasteiger partial charge on any atom is -0.779 e. The van der Waals surface area contributed by atoms with Crippen molar-refractivity contribution < 1.29 is 32.9 Å². The molecule has 0 bridgehead atoms. The lowest BCUT2D eigenvalue weighted by atomic mass is 9.71. The van der Waals surface area contributed by atoms with E-state index in [1.165, 1.54) is 11.1 Å². The van der Waals surface area contributed by atoms with E-state index in [2.05, 4.69) is 116 Å². The van der Waals surface area contributed by atoms with Gasteiger partial charge < -0.3 is 23.8 Å². The van der Waals surface area contributed by atoms with Crippen molar-refractivity contribution in [1.29, 1.82) is 0 Å². The zero-order valence-electron chi connectivity index (χ0n) is 31.9. The Bertz CT molecular complexity index is 1530. The quantitative estimate of drug-likeness (QED) is 0.135. The second kappa shape index (κ2) is 18.8. The van der Waals surface area contributed by atoms with Gasteiger partial charge in [0, 0.05) is 6.66 Å². The second-order valence-corrected chi connectivity index (χ2v) is 18.0. The molecule has 0 aromatic heterocycles. The topological polar surface area (TPSA) is 116 Å². The van der Waals surface area contributed by atoms with Crippen molar-refractivity contribution in [3.63, 3.8) is 0 Å². The van der Waals surface area contributed by atoms with Gasteiger partial charge in [-0.15, -0.1) is 0 Å². The monoisotopic (exact) mass is 725 g/mol. The number of hydrogen-bond acceptors (Lipinski definition) is 5. The van der Waals surface area contributed by atoms with E-state index < -0.39 is 21.5 Å². The van der Waals surface area contributed by atoms with Crippen LogP contribution >= 0.6 is 15.4 Å². The van der Waals surface area contributed by atoms with Gasteiger partial charge in [0.05, 0.1) is 12.2 Å². The lowest BCUT2D eigenvalue weighted by molar-refractivity contribution is -0.201. The van der Waals surface area contributed by atoms with Crippen molar-refractivity contribution >= 4 is 15.4 Å². The van der Waals surface area contributed by atoms with E-state index in [0.29, 0.717) is 25.7 Å². The highest BCUT2D eigenvalue weighted by Crippen LogP contribution is 2.48. The maximum absolute atomic E-state index is 11.6. The molecule has 2 aliphatic rings. The summed E-state index contributed by atoms with van der Waals surface area (Å²) in [5, 5.41) is 0. The van der Waals surface area contributed by atoms with E-state index in [4.69, 9.17) is 9.05 Å². The summed E-state index contributed by atoms with van der Waals surface area (Å²) in [4.78, 5) is 30.1. The van der Waals surface area contributed by atoms with Gasteiger partial charge in [-0.1, -0.05) is 146 Å². The lowest BCUT2D eigenvalue weighted by Crippen LogP contribution is -2.30. The first kappa shape index (κ1) is 43.6. The SMILES string of the molecule is CC1=C(/C=C/C(C)=C/C=C/C(C)=C/C=C/C=C(C)/C=C/C=C(C)/C=C/C2=C(C)CC(OP(=O)(O)O)CC2(C)C)C(C)(C)CC(OP(C)(=O)[O-])C1. The van der Waals surface area contributed by atoms with E-state index in [1.54, 1.807) is 0 Å². The predicted octanol–water partition coefficient (Wildman–Crippen LogP) is 10.9. The molecule has 0 fully saturated rings. The van der Waals surface area contributed by atoms with Crippen LogP contribution in [0.5, 0.6) is 0 Å². The Kier molecular flexibility index (Phi) is 16.3. The number of rotatable bonds is 14. The lowest BCUT2D eigenvalue weighted by Gasteiger charge is -2.39. The number of allylic oxidation sites excluding steroid dienone is 20. The number of phosphoric ester groups is 1. The molecule has 3 unspecified atom stereocenters. The van der Waals surface area contributed by atoms with Crippen LogP contribution in [0.3, 0.4) is 0 Å². The van der Waals surface area contributed by atoms with E-state index in [0.717, 1.165) is 40.1 Å². The first-order valence-electron chi connectivity index (χ1n) is 17.2. The average molecular weight is 726 g/mol. The molecular weight excluding hydrogens is 666 g/mol. The molecule has 0 aromatic carbocycles. The van der Waals surface area contributed by atoms with E-state index in [-0.39, 0.29) is 16.9 Å². The van der Waals surface area contributed by atoms with Crippen molar-refractivity contribution in [2.45, 2.75) is 107 Å². The smallest absolute Gasteiger partial charge is 0.469 e. The largest absolute Gasteiger partial charge is 0.779 e. The minimum absolute atomic E-state index is 0.177. The maximum Gasteiger partial charge on any atom is 0.469 e. The van der Waals surface area contributed by atoms with Crippen LogP contribution in [0.25, 0.3) is 0 Å². The van der Waals surface area contributed by atoms with Gasteiger partial charge in [-0.05, 0) is 89.2 Å². The molecule has 0 radical (unpaired) electrons. The van der Waals surface area contributed by atoms with Gasteiger partial charge in [0.1, 0.15) is 7.60 Å². The molecule has 2 rings (SSSR count). The Morgan fingerprint density at radius 3 is 1.34 bits per heavy atom. The molecule has 9 heteroatoms. The van der Waals surface area contributed by atoms with Gasteiger partial charge in [-0.25, -0.2) is 4.57 Å². The highest BCUT2D eigenvalue weighted by molar-refractivity contribution is 7.50. The third-order valence-electron chi connectivity index (χ3n) is 8.84. The third kappa shape index (κ3) is 16.2. The maximum atomic E-state index is 11.6. The normalized spacial score (nSPS) is 24.6. The summed E-state index contributed by atoms with van der Waals surface area (Å²) in [5.41, 5.74) is 8.68. The summed E-state index contributed by atoms with van der Waals surface area (Å²) in [7, 11) is -8.28. The fourth-order valence-electron chi connectivity index (χ4n) is 6.68. The summed E-state index contributed by atoms with van der Waals surface area (Å²) >= 11 is 0. The molecule has 50 heavy (non-hydrogen) atoms. The molecule has 3 atom stereocenters. The first-order valence-corrected chi connectivity index (χ1v) is 20.7. The summed E-state index contributed by atoms with van der Waals surface area (Å²) < 4.78 is 33.3. The molecular formula is C41H59O7P2-. The average Bonchev–Trinajstić information content (AvgIpc) is 2.91. The molecule has 0 heterocycles. The number of hydrogen-bond donors (Lipinski definition) is 2. The fourth-order valence-corrected chi connectivity index (χ4v) is 7.91. The van der Waals surface area contributed by atoms with Crippen LogP contribution in [0.15, 0.2) is 130 Å². The van der Waals surface area contributed by atoms with Crippen molar-refractivity contribution in [2.75, 3.05) is 6.66 Å². The van der Waals surface area contributed by atoms with Crippen LogP contribution in [0.1, 0.15) is 94.9 Å². The first-order chi connectivity index (χ1) is 23.0. The molecule has 2 N–H and O–H groups in total. The van der Waals surface area contributed by atoms with Crippen LogP contribution in [-0.4, -0.2) is 28.7 Å². The van der Waals surface area contributed by atoms with Crippen LogP contribution in [0, 0.1) is 10.8 Å². The molecule has 276 valence electrons. The molecule has 2 aliphatic carbocycles. The molecule has 0 aliphatic heterocycles. The highest BCUT2D eigenvalue weighted by Gasteiger charge is 2.36. The van der Waals surface area contributed by atoms with Gasteiger partial charge in [-0.2, -0.15) is 0 Å². The Balaban J connectivity index is 1.94. The highest BCUT2D eigenvalue weighted by atomic mass is 31.2. The fraction of sp³-hybridized carbons (Fsp3) is 0.463. The van der Waals surface area contributed by atoms with Crippen molar-refractivity contribution in [1.82, 2.24) is 0 Å². The van der Waals surface area contributed by atoms with Crippen molar-refractivity contribution in [2.24, 2.45) is 10.8 Å². The van der Waals surface area contributed by atoms with Crippen LogP contribution in [-0.2, 0) is 18.2 Å².